The Morgan fingerprint density at radius 2 is 0.833 bits per heavy atom. The first kappa shape index (κ1) is 58.3. The van der Waals surface area contributed by atoms with Gasteiger partial charge in [0.15, 0.2) is 0 Å². The third-order valence-corrected chi connectivity index (χ3v) is 30.8. The number of para-hydroxylation sites is 2. The first-order valence-corrected chi connectivity index (χ1v) is 42.3. The lowest BCUT2D eigenvalue weighted by molar-refractivity contribution is 0.181. The zero-order valence-corrected chi connectivity index (χ0v) is 55.6. The van der Waals surface area contributed by atoms with Crippen LogP contribution in [0.15, 0.2) is 84.9 Å². The van der Waals surface area contributed by atoms with Crippen LogP contribution in [-0.4, -0.2) is 106 Å². The van der Waals surface area contributed by atoms with Gasteiger partial charge in [-0.05, 0) is 149 Å². The van der Waals surface area contributed by atoms with Crippen LogP contribution in [0.1, 0.15) is 150 Å². The molecule has 0 spiro atoms. The number of rotatable bonds is 12. The van der Waals surface area contributed by atoms with E-state index in [0.29, 0.717) is 0 Å². The van der Waals surface area contributed by atoms with E-state index < -0.39 is 57.9 Å². The molecule has 0 N–H and O–H groups in total. The molecular formula is C68H90N6O6S2Si2. The van der Waals surface area contributed by atoms with Crippen molar-refractivity contribution >= 4 is 58.9 Å². The summed E-state index contributed by atoms with van der Waals surface area (Å²) in [7, 11) is -6.11. The molecule has 0 bridgehead atoms. The normalized spacial score (nSPS) is 34.4. The number of ether oxygens (including phenoxy) is 2. The van der Waals surface area contributed by atoms with Gasteiger partial charge >= 0.3 is 0 Å². The molecule has 12 nitrogen and oxygen atoms in total. The van der Waals surface area contributed by atoms with Crippen LogP contribution in [-0.2, 0) is 51.2 Å². The zero-order chi connectivity index (χ0) is 59.7. The fourth-order valence-electron chi connectivity index (χ4n) is 19.6. The van der Waals surface area contributed by atoms with Gasteiger partial charge in [0, 0.05) is 75.1 Å². The number of fused-ring (bicyclic) bond motifs is 8. The molecule has 84 heavy (non-hydrogen) atoms. The van der Waals surface area contributed by atoms with Gasteiger partial charge in [0.1, 0.15) is 12.1 Å². The second kappa shape index (κ2) is 19.4. The minimum absolute atomic E-state index is 0.144. The maximum Gasteiger partial charge on any atom is 0.235 e. The van der Waals surface area contributed by atoms with Gasteiger partial charge in [-0.1, -0.05) is 126 Å². The molecule has 2 saturated carbocycles. The molecule has 0 amide bonds. The molecule has 4 aromatic carbocycles. The Bertz CT molecular complexity index is 3420. The molecule has 2 saturated heterocycles. The summed E-state index contributed by atoms with van der Waals surface area (Å²) in [5.41, 5.74) is 9.25. The maximum absolute atomic E-state index is 14.4. The van der Waals surface area contributed by atoms with Crippen molar-refractivity contribution in [1.29, 1.82) is 10.5 Å². The molecule has 12 atom stereocenters. The molecule has 0 unspecified atom stereocenters. The molecule has 0 aromatic heterocycles. The quantitative estimate of drug-likeness (QED) is 0.0989. The highest BCUT2D eigenvalue weighted by atomic mass is 32.2. The smallest absolute Gasteiger partial charge is 0.235 e. The monoisotopic (exact) mass is 1210 g/mol. The lowest BCUT2D eigenvalue weighted by Crippen LogP contribution is -2.61. The third kappa shape index (κ3) is 8.13. The van der Waals surface area contributed by atoms with Crippen molar-refractivity contribution in [2.75, 3.05) is 44.0 Å². The van der Waals surface area contributed by atoms with E-state index in [1.165, 1.54) is 22.3 Å². The summed E-state index contributed by atoms with van der Waals surface area (Å²) in [6.07, 6.45) is 11.4. The number of benzene rings is 4. The van der Waals surface area contributed by atoms with E-state index in [4.69, 9.17) is 9.47 Å². The molecule has 16 heteroatoms. The Hall–Kier alpha value is -4.69. The van der Waals surface area contributed by atoms with Gasteiger partial charge in [-0.2, -0.15) is 10.5 Å². The van der Waals surface area contributed by atoms with Crippen molar-refractivity contribution in [3.63, 3.8) is 0 Å². The number of hydrogen-bond acceptors (Lipinski definition) is 10. The van der Waals surface area contributed by atoms with Crippen molar-refractivity contribution in [1.82, 2.24) is 0 Å². The van der Waals surface area contributed by atoms with Crippen LogP contribution in [0.5, 0.6) is 0 Å². The summed E-state index contributed by atoms with van der Waals surface area (Å²) < 4.78 is 74.0. The lowest BCUT2D eigenvalue weighted by Gasteiger charge is -2.51. The van der Waals surface area contributed by atoms with Gasteiger partial charge in [0.05, 0.1) is 70.5 Å². The Kier molecular flexibility index (Phi) is 13.5. The van der Waals surface area contributed by atoms with Crippen LogP contribution >= 0.6 is 0 Å². The van der Waals surface area contributed by atoms with Crippen molar-refractivity contribution in [2.45, 2.75) is 237 Å². The first-order chi connectivity index (χ1) is 39.6. The van der Waals surface area contributed by atoms with E-state index in [0.717, 1.165) is 123 Å². The first-order valence-electron chi connectivity index (χ1n) is 31.7. The molecule has 6 heterocycles. The van der Waals surface area contributed by atoms with E-state index in [2.05, 4.69) is 164 Å². The lowest BCUT2D eigenvalue weighted by atomic mass is 9.51. The van der Waals surface area contributed by atoms with Crippen LogP contribution in [0.25, 0.3) is 0 Å². The highest BCUT2D eigenvalue weighted by Gasteiger charge is 2.75. The second-order valence-electron chi connectivity index (χ2n) is 30.6. The van der Waals surface area contributed by atoms with Crippen molar-refractivity contribution in [2.24, 2.45) is 0 Å². The molecule has 0 radical (unpaired) electrons. The largest absolute Gasteiger partial charge is 0.366 e. The standard InChI is InChI=1S/2C34H45N3O3SSi/c2*1-32(2)31(40-32)24-13-10-19-34(29(22-35)36(3)27-16-9-12-23(24)30(27)34)33-18-11-17-28(33)37(26-15-8-7-14-25(26)33)41(38,39)20-21-42(4,5)6/h2*7-9,12,14-16,24,28-29,31H,10-11,13,17-21H2,1-6H3/t2*24-,28+,29+,31+,33-,34+/m00/s1. The van der Waals surface area contributed by atoms with E-state index in [9.17, 15) is 27.4 Å². The molecular weight excluding hydrogens is 1120 g/mol. The fraction of sp³-hybridized carbons (Fsp3) is 0.618. The number of anilines is 4. The zero-order valence-electron chi connectivity index (χ0n) is 52.0. The van der Waals surface area contributed by atoms with E-state index in [-0.39, 0.29) is 70.9 Å². The Labute approximate surface area is 504 Å². The Morgan fingerprint density at radius 3 is 1.18 bits per heavy atom. The summed E-state index contributed by atoms with van der Waals surface area (Å²) in [6.45, 7) is 22.2. The SMILES string of the molecule is CN1c2cccc3c2[C@@]([C@]24CCC[C@H]2N(S(=O)(=O)CC[Si](C)(C)C)c2ccccc24)(CCC[C@@H]3[C@H]2OC2(C)C)[C@H]1C#N.CN1c2cccc3c2[C@@]([C@]24CCC[C@H]2N(S(=O)(=O)CC[Si](C)(C)C)c2ccccc24)(CCC[C@@H]3[C@H]2OC2(C)C)[C@H]1C#N. The van der Waals surface area contributed by atoms with E-state index >= 15 is 0 Å². The molecule has 14 rings (SSSR count). The van der Waals surface area contributed by atoms with Gasteiger partial charge < -0.3 is 19.3 Å². The summed E-state index contributed by atoms with van der Waals surface area (Å²) in [5, 5.41) is 22.1. The number of nitrogens with zero attached hydrogens (tertiary/aromatic N) is 6. The number of epoxide rings is 2. The molecule has 448 valence electrons. The van der Waals surface area contributed by atoms with Crippen LogP contribution in [0, 0.1) is 22.7 Å². The van der Waals surface area contributed by atoms with E-state index in [1.54, 1.807) is 0 Å². The van der Waals surface area contributed by atoms with E-state index in [1.807, 2.05) is 32.9 Å². The summed E-state index contributed by atoms with van der Waals surface area (Å²) >= 11 is 0. The van der Waals surface area contributed by atoms with Gasteiger partial charge in [0.25, 0.3) is 0 Å². The number of hydrogen-bond donors (Lipinski definition) is 0. The molecule has 4 fully saturated rings. The second-order valence-corrected chi connectivity index (χ2v) is 45.8. The van der Waals surface area contributed by atoms with Gasteiger partial charge in [0.2, 0.25) is 20.0 Å². The fourth-order valence-corrected chi connectivity index (χ4v) is 29.2. The Balaban J connectivity index is 0.000000157. The summed E-state index contributed by atoms with van der Waals surface area (Å²) in [5.74, 6) is 0.922. The van der Waals surface area contributed by atoms with Gasteiger partial charge in [-0.25, -0.2) is 16.8 Å². The van der Waals surface area contributed by atoms with Crippen LogP contribution in [0.4, 0.5) is 22.7 Å². The molecule has 6 aliphatic heterocycles. The average Bonchev–Trinajstić information content (AvgIpc) is 1.50. The predicted octanol–water partition coefficient (Wildman–Crippen LogP) is 13.4. The minimum atomic E-state index is -3.56. The highest BCUT2D eigenvalue weighted by molar-refractivity contribution is 7.93. The maximum atomic E-state index is 14.4. The van der Waals surface area contributed by atoms with Crippen molar-refractivity contribution in [3.05, 3.63) is 118 Å². The molecule has 10 aliphatic rings. The van der Waals surface area contributed by atoms with Crippen LogP contribution in [0.3, 0.4) is 0 Å². The van der Waals surface area contributed by atoms with Gasteiger partial charge in [-0.15, -0.1) is 0 Å². The molecule has 4 aliphatic carbocycles. The topological polar surface area (TPSA) is 154 Å². The number of nitriles is 2. The third-order valence-electron chi connectivity index (χ3n) is 23.0. The average molecular weight is 1210 g/mol. The number of likely N-dealkylation sites (N-methyl/N-ethyl adjacent to an activating group) is 2. The number of sulfonamides is 2. The van der Waals surface area contributed by atoms with Gasteiger partial charge in [-0.3, -0.25) is 8.61 Å². The minimum Gasteiger partial charge on any atom is -0.366 e. The predicted molar refractivity (Wildman–Crippen MR) is 343 cm³/mol. The van der Waals surface area contributed by atoms with Crippen LogP contribution in [0.2, 0.25) is 51.4 Å². The van der Waals surface area contributed by atoms with Crippen molar-refractivity contribution < 1.29 is 26.3 Å². The highest BCUT2D eigenvalue weighted by Crippen LogP contribution is 2.73. The van der Waals surface area contributed by atoms with Crippen LogP contribution < -0.4 is 18.4 Å². The van der Waals surface area contributed by atoms with Crippen molar-refractivity contribution in [3.8, 4) is 12.1 Å². The summed E-state index contributed by atoms with van der Waals surface area (Å²) in [6, 6.07) is 35.9. The Morgan fingerprint density at radius 1 is 0.500 bits per heavy atom. The molecule has 4 aromatic rings. The summed E-state index contributed by atoms with van der Waals surface area (Å²) in [4.78, 5) is 4.43.